The molecule has 6 heteroatoms. The zero-order valence-corrected chi connectivity index (χ0v) is 9.72. The standard InChI is InChI=1S/C8H8ClFO2S2/c1-13-8-6(5-14(9,11)12)3-2-4-7(8)10/h2-4H,5H2,1H3. The van der Waals surface area contributed by atoms with Gasteiger partial charge in [-0.1, -0.05) is 12.1 Å². The Kier molecular flexibility index (Phi) is 3.80. The fourth-order valence-corrected chi connectivity index (χ4v) is 2.80. The van der Waals surface area contributed by atoms with Crippen molar-refractivity contribution in [2.45, 2.75) is 10.6 Å². The first-order valence-corrected chi connectivity index (χ1v) is 7.38. The summed E-state index contributed by atoms with van der Waals surface area (Å²) >= 11 is 1.16. The lowest BCUT2D eigenvalue weighted by Crippen LogP contribution is -1.98. The van der Waals surface area contributed by atoms with Gasteiger partial charge in [0.05, 0.1) is 5.75 Å². The van der Waals surface area contributed by atoms with E-state index in [2.05, 4.69) is 0 Å². The Morgan fingerprint density at radius 2 is 2.14 bits per heavy atom. The van der Waals surface area contributed by atoms with Crippen molar-refractivity contribution in [3.05, 3.63) is 29.6 Å². The van der Waals surface area contributed by atoms with Crippen LogP contribution in [-0.4, -0.2) is 14.7 Å². The van der Waals surface area contributed by atoms with Gasteiger partial charge in [-0.05, 0) is 17.9 Å². The Bertz CT molecular complexity index is 431. The maximum atomic E-state index is 13.2. The minimum atomic E-state index is -3.63. The molecule has 0 heterocycles. The molecule has 78 valence electrons. The lowest BCUT2D eigenvalue weighted by Gasteiger charge is -2.05. The van der Waals surface area contributed by atoms with Crippen molar-refractivity contribution in [3.63, 3.8) is 0 Å². The lowest BCUT2D eigenvalue weighted by atomic mass is 10.2. The van der Waals surface area contributed by atoms with Gasteiger partial charge >= 0.3 is 0 Å². The van der Waals surface area contributed by atoms with Gasteiger partial charge in [-0.25, -0.2) is 12.8 Å². The van der Waals surface area contributed by atoms with Crippen LogP contribution in [0.5, 0.6) is 0 Å². The molecular weight excluding hydrogens is 247 g/mol. The number of halogens is 2. The third-order valence-corrected chi connectivity index (χ3v) is 3.43. The van der Waals surface area contributed by atoms with Crippen LogP contribution >= 0.6 is 22.4 Å². The van der Waals surface area contributed by atoms with E-state index in [1.807, 2.05) is 0 Å². The van der Waals surface area contributed by atoms with Gasteiger partial charge < -0.3 is 0 Å². The third kappa shape index (κ3) is 3.15. The maximum absolute atomic E-state index is 13.2. The summed E-state index contributed by atoms with van der Waals surface area (Å²) in [5.41, 5.74) is 0.396. The van der Waals surface area contributed by atoms with E-state index in [0.717, 1.165) is 11.8 Å². The average Bonchev–Trinajstić information content (AvgIpc) is 2.01. The molecule has 0 radical (unpaired) electrons. The zero-order valence-electron chi connectivity index (χ0n) is 7.33. The predicted octanol–water partition coefficient (Wildman–Crippen LogP) is 2.62. The molecule has 1 aromatic rings. The molecule has 0 aliphatic carbocycles. The topological polar surface area (TPSA) is 34.1 Å². The van der Waals surface area contributed by atoms with Crippen LogP contribution in [0.3, 0.4) is 0 Å². The second kappa shape index (κ2) is 4.51. The van der Waals surface area contributed by atoms with Crippen LogP contribution in [-0.2, 0) is 14.8 Å². The minimum absolute atomic E-state index is 0.330. The highest BCUT2D eigenvalue weighted by atomic mass is 35.7. The van der Waals surface area contributed by atoms with Crippen molar-refractivity contribution < 1.29 is 12.8 Å². The fraction of sp³-hybridized carbons (Fsp3) is 0.250. The van der Waals surface area contributed by atoms with Crippen molar-refractivity contribution in [1.29, 1.82) is 0 Å². The number of thioether (sulfide) groups is 1. The van der Waals surface area contributed by atoms with Gasteiger partial charge in [0.1, 0.15) is 5.82 Å². The van der Waals surface area contributed by atoms with Gasteiger partial charge in [0.15, 0.2) is 0 Å². The van der Waals surface area contributed by atoms with Crippen molar-refractivity contribution in [2.75, 3.05) is 6.26 Å². The summed E-state index contributed by atoms with van der Waals surface area (Å²) in [6.07, 6.45) is 1.68. The molecule has 0 aliphatic rings. The van der Waals surface area contributed by atoms with Crippen LogP contribution in [0.4, 0.5) is 4.39 Å². The Labute approximate surface area is 90.9 Å². The molecule has 0 aromatic heterocycles. The van der Waals surface area contributed by atoms with E-state index in [9.17, 15) is 12.8 Å². The first kappa shape index (κ1) is 11.8. The van der Waals surface area contributed by atoms with Gasteiger partial charge in [0.2, 0.25) is 9.05 Å². The number of benzene rings is 1. The Morgan fingerprint density at radius 1 is 1.50 bits per heavy atom. The van der Waals surface area contributed by atoms with Gasteiger partial charge in [-0.3, -0.25) is 0 Å². The molecule has 0 amide bonds. The van der Waals surface area contributed by atoms with E-state index >= 15 is 0 Å². The largest absolute Gasteiger partial charge is 0.236 e. The van der Waals surface area contributed by atoms with Crippen LogP contribution in [0.15, 0.2) is 23.1 Å². The summed E-state index contributed by atoms with van der Waals surface area (Å²) in [6.45, 7) is 0. The molecule has 14 heavy (non-hydrogen) atoms. The molecule has 0 spiro atoms. The highest BCUT2D eigenvalue weighted by molar-refractivity contribution is 8.13. The van der Waals surface area contributed by atoms with Crippen LogP contribution in [0.1, 0.15) is 5.56 Å². The predicted molar refractivity (Wildman–Crippen MR) is 56.7 cm³/mol. The molecule has 0 atom stereocenters. The average molecular weight is 255 g/mol. The monoisotopic (exact) mass is 254 g/mol. The van der Waals surface area contributed by atoms with Crippen molar-refractivity contribution in [3.8, 4) is 0 Å². The van der Waals surface area contributed by atoms with E-state index in [0.29, 0.717) is 10.5 Å². The molecule has 0 saturated heterocycles. The molecule has 0 aliphatic heterocycles. The Hall–Kier alpha value is -0.260. The van der Waals surface area contributed by atoms with Crippen molar-refractivity contribution in [2.24, 2.45) is 0 Å². The third-order valence-electron chi connectivity index (χ3n) is 1.58. The molecular formula is C8H8ClFO2S2. The summed E-state index contributed by atoms with van der Waals surface area (Å²) in [5, 5.41) is 0. The lowest BCUT2D eigenvalue weighted by molar-refractivity contribution is 0.595. The van der Waals surface area contributed by atoms with E-state index in [4.69, 9.17) is 10.7 Å². The highest BCUT2D eigenvalue weighted by Crippen LogP contribution is 2.26. The molecule has 1 aromatic carbocycles. The highest BCUT2D eigenvalue weighted by Gasteiger charge is 2.13. The SMILES string of the molecule is CSc1c(F)cccc1CS(=O)(=O)Cl. The van der Waals surface area contributed by atoms with Gasteiger partial charge in [0, 0.05) is 15.6 Å². The Morgan fingerprint density at radius 3 is 2.64 bits per heavy atom. The van der Waals surface area contributed by atoms with Gasteiger partial charge in [0.25, 0.3) is 0 Å². The first-order valence-electron chi connectivity index (χ1n) is 3.68. The van der Waals surface area contributed by atoms with E-state index in [-0.39, 0.29) is 5.75 Å². The molecule has 0 unspecified atom stereocenters. The van der Waals surface area contributed by atoms with Crippen molar-refractivity contribution >= 4 is 31.5 Å². The quantitative estimate of drug-likeness (QED) is 0.614. The number of hydrogen-bond acceptors (Lipinski definition) is 3. The molecule has 0 saturated carbocycles. The summed E-state index contributed by atoms with van der Waals surface area (Å²) < 4.78 is 34.8. The Balaban J connectivity index is 3.15. The second-order valence-corrected chi connectivity index (χ2v) is 6.21. The number of hydrogen-bond donors (Lipinski definition) is 0. The fourth-order valence-electron chi connectivity index (χ4n) is 1.08. The molecule has 0 fully saturated rings. The van der Waals surface area contributed by atoms with Crippen LogP contribution < -0.4 is 0 Å². The molecule has 0 bridgehead atoms. The summed E-state index contributed by atoms with van der Waals surface area (Å²) in [6, 6.07) is 4.30. The minimum Gasteiger partial charge on any atom is -0.212 e. The van der Waals surface area contributed by atoms with E-state index < -0.39 is 14.9 Å². The summed E-state index contributed by atoms with van der Waals surface area (Å²) in [7, 11) is 1.46. The van der Waals surface area contributed by atoms with E-state index in [1.54, 1.807) is 12.3 Å². The van der Waals surface area contributed by atoms with Gasteiger partial charge in [-0.2, -0.15) is 0 Å². The summed E-state index contributed by atoms with van der Waals surface area (Å²) in [5.74, 6) is -0.766. The normalized spacial score (nSPS) is 11.6. The van der Waals surface area contributed by atoms with Crippen LogP contribution in [0.2, 0.25) is 0 Å². The summed E-state index contributed by atoms with van der Waals surface area (Å²) in [4.78, 5) is 0.330. The van der Waals surface area contributed by atoms with Gasteiger partial charge in [-0.15, -0.1) is 11.8 Å². The molecule has 2 nitrogen and oxygen atoms in total. The van der Waals surface area contributed by atoms with Crippen LogP contribution in [0.25, 0.3) is 0 Å². The number of rotatable bonds is 3. The smallest absolute Gasteiger partial charge is 0.212 e. The first-order chi connectivity index (χ1) is 6.44. The maximum Gasteiger partial charge on any atom is 0.236 e. The van der Waals surface area contributed by atoms with E-state index in [1.165, 1.54) is 12.1 Å². The molecule has 0 N–H and O–H groups in total. The second-order valence-electron chi connectivity index (χ2n) is 2.62. The van der Waals surface area contributed by atoms with Crippen molar-refractivity contribution in [1.82, 2.24) is 0 Å². The molecule has 1 rings (SSSR count). The van der Waals surface area contributed by atoms with Crippen LogP contribution in [0, 0.1) is 5.82 Å². The zero-order chi connectivity index (χ0) is 10.8.